The lowest BCUT2D eigenvalue weighted by molar-refractivity contribution is -0.140. The van der Waals surface area contributed by atoms with Crippen LogP contribution in [0.5, 0.6) is 11.5 Å². The van der Waals surface area contributed by atoms with Crippen molar-refractivity contribution < 1.29 is 19.1 Å². The predicted molar refractivity (Wildman–Crippen MR) is 118 cm³/mol. The lowest BCUT2D eigenvalue weighted by atomic mass is 10.1. The first kappa shape index (κ1) is 23.5. The summed E-state index contributed by atoms with van der Waals surface area (Å²) in [5.74, 6) is 1.14. The van der Waals surface area contributed by atoms with Crippen molar-refractivity contribution in [2.45, 2.75) is 39.3 Å². The Hall–Kier alpha value is -2.73. The van der Waals surface area contributed by atoms with Gasteiger partial charge in [-0.15, -0.1) is 0 Å². The third kappa shape index (κ3) is 7.26. The third-order valence-corrected chi connectivity index (χ3v) is 4.87. The van der Waals surface area contributed by atoms with Gasteiger partial charge in [0.15, 0.2) is 0 Å². The quantitative estimate of drug-likeness (QED) is 0.544. The highest BCUT2D eigenvalue weighted by Gasteiger charge is 2.25. The van der Waals surface area contributed by atoms with Crippen LogP contribution in [0.4, 0.5) is 0 Å². The molecule has 2 aromatic carbocycles. The Kier molecular flexibility index (Phi) is 9.48. The molecule has 2 amide bonds. The van der Waals surface area contributed by atoms with Gasteiger partial charge in [-0.1, -0.05) is 23.7 Å². The van der Waals surface area contributed by atoms with Crippen molar-refractivity contribution >= 4 is 23.4 Å². The number of hydrogen-bond donors (Lipinski definition) is 1. The molecular weight excluding hydrogens is 404 g/mol. The van der Waals surface area contributed by atoms with E-state index in [4.69, 9.17) is 21.1 Å². The summed E-state index contributed by atoms with van der Waals surface area (Å²) in [6.07, 6.45) is 0.819. The molecule has 0 radical (unpaired) electrons. The number of methoxy groups -OCH3 is 1. The Balaban J connectivity index is 1.99. The fraction of sp³-hybridized carbons (Fsp3) is 0.391. The molecule has 30 heavy (non-hydrogen) atoms. The Morgan fingerprint density at radius 1 is 1.13 bits per heavy atom. The fourth-order valence-corrected chi connectivity index (χ4v) is 3.09. The summed E-state index contributed by atoms with van der Waals surface area (Å²) in [4.78, 5) is 26.9. The Bertz CT molecular complexity index is 826. The fourth-order valence-electron chi connectivity index (χ4n) is 2.96. The van der Waals surface area contributed by atoms with E-state index in [2.05, 4.69) is 5.32 Å². The number of carbonyl (C=O) groups excluding carboxylic acids is 2. The number of carbonyl (C=O) groups is 2. The molecule has 0 unspecified atom stereocenters. The van der Waals surface area contributed by atoms with E-state index >= 15 is 0 Å². The molecule has 0 aromatic heterocycles. The largest absolute Gasteiger partial charge is 0.497 e. The van der Waals surface area contributed by atoms with E-state index in [1.165, 1.54) is 0 Å². The molecule has 162 valence electrons. The molecule has 0 saturated carbocycles. The maximum Gasteiger partial charge on any atom is 0.242 e. The molecule has 7 heteroatoms. The number of halogens is 1. The number of rotatable bonds is 11. The summed E-state index contributed by atoms with van der Waals surface area (Å²) < 4.78 is 10.9. The number of hydrogen-bond acceptors (Lipinski definition) is 4. The van der Waals surface area contributed by atoms with Crippen LogP contribution < -0.4 is 14.8 Å². The molecule has 1 N–H and O–H groups in total. The van der Waals surface area contributed by atoms with Crippen LogP contribution >= 0.6 is 11.6 Å². The predicted octanol–water partition coefficient (Wildman–Crippen LogP) is 4.06. The van der Waals surface area contributed by atoms with Crippen LogP contribution in [-0.2, 0) is 16.1 Å². The van der Waals surface area contributed by atoms with E-state index in [1.807, 2.05) is 31.2 Å². The molecule has 0 bridgehead atoms. The second-order valence-corrected chi connectivity index (χ2v) is 7.29. The normalized spacial score (nSPS) is 11.5. The molecule has 0 aliphatic carbocycles. The molecule has 2 rings (SSSR count). The minimum atomic E-state index is -0.583. The first-order chi connectivity index (χ1) is 14.4. The van der Waals surface area contributed by atoms with E-state index in [1.54, 1.807) is 43.2 Å². The van der Waals surface area contributed by atoms with Crippen molar-refractivity contribution in [3.8, 4) is 11.5 Å². The van der Waals surface area contributed by atoms with Gasteiger partial charge in [0.2, 0.25) is 11.8 Å². The molecule has 0 saturated heterocycles. The Labute approximate surface area is 183 Å². The lowest BCUT2D eigenvalue weighted by Crippen LogP contribution is -2.47. The summed E-state index contributed by atoms with van der Waals surface area (Å²) >= 11 is 5.87. The summed E-state index contributed by atoms with van der Waals surface area (Å²) in [5.41, 5.74) is 0.899. The van der Waals surface area contributed by atoms with E-state index in [0.717, 1.165) is 5.56 Å². The summed E-state index contributed by atoms with van der Waals surface area (Å²) in [6.45, 7) is 4.84. The second kappa shape index (κ2) is 12.1. The van der Waals surface area contributed by atoms with Crippen LogP contribution in [0.3, 0.4) is 0 Å². The SMILES string of the molecule is CCNC(=O)[C@@H](C)N(Cc1cccc(OC)c1)C(=O)CCCOc1ccc(Cl)cc1. The molecular formula is C23H29ClN2O4. The number of amides is 2. The first-order valence-electron chi connectivity index (χ1n) is 10.0. The lowest BCUT2D eigenvalue weighted by Gasteiger charge is -2.29. The van der Waals surface area contributed by atoms with Gasteiger partial charge in [-0.05, 0) is 62.2 Å². The maximum atomic E-state index is 12.9. The third-order valence-electron chi connectivity index (χ3n) is 4.62. The zero-order chi connectivity index (χ0) is 21.9. The molecule has 0 aliphatic heterocycles. The van der Waals surface area contributed by atoms with Crippen LogP contribution in [0.25, 0.3) is 0 Å². The van der Waals surface area contributed by atoms with Crippen molar-refractivity contribution in [3.63, 3.8) is 0 Å². The van der Waals surface area contributed by atoms with Gasteiger partial charge >= 0.3 is 0 Å². The van der Waals surface area contributed by atoms with Crippen LogP contribution in [0.2, 0.25) is 5.02 Å². The van der Waals surface area contributed by atoms with Gasteiger partial charge in [-0.25, -0.2) is 0 Å². The molecule has 2 aromatic rings. The number of ether oxygens (including phenoxy) is 2. The van der Waals surface area contributed by atoms with E-state index in [-0.39, 0.29) is 18.2 Å². The zero-order valence-electron chi connectivity index (χ0n) is 17.7. The summed E-state index contributed by atoms with van der Waals surface area (Å²) in [6, 6.07) is 14.0. The van der Waals surface area contributed by atoms with Gasteiger partial charge in [0, 0.05) is 24.5 Å². The van der Waals surface area contributed by atoms with Crippen molar-refractivity contribution in [2.75, 3.05) is 20.3 Å². The van der Waals surface area contributed by atoms with Gasteiger partial charge in [0.25, 0.3) is 0 Å². The van der Waals surface area contributed by atoms with Crippen molar-refractivity contribution in [1.29, 1.82) is 0 Å². The first-order valence-corrected chi connectivity index (χ1v) is 10.4. The van der Waals surface area contributed by atoms with Gasteiger partial charge in [0.1, 0.15) is 17.5 Å². The van der Waals surface area contributed by atoms with Crippen molar-refractivity contribution in [1.82, 2.24) is 10.2 Å². The highest BCUT2D eigenvalue weighted by atomic mass is 35.5. The Morgan fingerprint density at radius 3 is 2.53 bits per heavy atom. The van der Waals surface area contributed by atoms with Crippen LogP contribution in [0.1, 0.15) is 32.3 Å². The molecule has 1 atom stereocenters. The average molecular weight is 433 g/mol. The summed E-state index contributed by atoms with van der Waals surface area (Å²) in [5, 5.41) is 3.43. The van der Waals surface area contributed by atoms with Crippen LogP contribution in [0.15, 0.2) is 48.5 Å². The molecule has 0 aliphatic rings. The number of nitrogens with one attached hydrogen (secondary N) is 1. The number of likely N-dealkylation sites (N-methyl/N-ethyl adjacent to an activating group) is 1. The minimum absolute atomic E-state index is 0.101. The topological polar surface area (TPSA) is 67.9 Å². The van der Waals surface area contributed by atoms with Crippen molar-refractivity contribution in [3.05, 3.63) is 59.1 Å². The van der Waals surface area contributed by atoms with E-state index in [9.17, 15) is 9.59 Å². The van der Waals surface area contributed by atoms with Gasteiger partial charge in [-0.3, -0.25) is 9.59 Å². The molecule has 6 nitrogen and oxygen atoms in total. The standard InChI is InChI=1S/C23H29ClN2O4/c1-4-25-23(28)17(2)26(16-18-7-5-8-21(15-18)29-3)22(27)9-6-14-30-20-12-10-19(24)11-13-20/h5,7-8,10-13,15,17H,4,6,9,14,16H2,1-3H3,(H,25,28)/t17-/m1/s1. The summed E-state index contributed by atoms with van der Waals surface area (Å²) in [7, 11) is 1.60. The molecule has 0 spiro atoms. The second-order valence-electron chi connectivity index (χ2n) is 6.85. The molecule has 0 fully saturated rings. The van der Waals surface area contributed by atoms with Gasteiger partial charge in [-0.2, -0.15) is 0 Å². The van der Waals surface area contributed by atoms with Gasteiger partial charge in [0.05, 0.1) is 13.7 Å². The highest BCUT2D eigenvalue weighted by Crippen LogP contribution is 2.18. The van der Waals surface area contributed by atoms with Crippen LogP contribution in [0, 0.1) is 0 Å². The zero-order valence-corrected chi connectivity index (χ0v) is 18.4. The van der Waals surface area contributed by atoms with Crippen molar-refractivity contribution in [2.24, 2.45) is 0 Å². The van der Waals surface area contributed by atoms with E-state index < -0.39 is 6.04 Å². The number of benzene rings is 2. The monoisotopic (exact) mass is 432 g/mol. The van der Waals surface area contributed by atoms with E-state index in [0.29, 0.717) is 42.6 Å². The molecule has 0 heterocycles. The average Bonchev–Trinajstić information content (AvgIpc) is 2.76. The smallest absolute Gasteiger partial charge is 0.242 e. The van der Waals surface area contributed by atoms with Gasteiger partial charge < -0.3 is 19.7 Å². The number of nitrogens with zero attached hydrogens (tertiary/aromatic N) is 1. The van der Waals surface area contributed by atoms with Crippen LogP contribution in [-0.4, -0.2) is 43.0 Å². The highest BCUT2D eigenvalue weighted by molar-refractivity contribution is 6.30. The Morgan fingerprint density at radius 2 is 1.87 bits per heavy atom. The minimum Gasteiger partial charge on any atom is -0.497 e. The maximum absolute atomic E-state index is 12.9.